The summed E-state index contributed by atoms with van der Waals surface area (Å²) in [5.74, 6) is 0.975. The highest BCUT2D eigenvalue weighted by atomic mass is 32.2. The monoisotopic (exact) mass is 471 g/mol. The van der Waals surface area contributed by atoms with E-state index in [1.54, 1.807) is 4.90 Å². The summed E-state index contributed by atoms with van der Waals surface area (Å²) in [7, 11) is -3.04. The van der Waals surface area contributed by atoms with Gasteiger partial charge >= 0.3 is 6.09 Å². The van der Waals surface area contributed by atoms with Crippen LogP contribution in [0, 0.1) is 0 Å². The number of ether oxygens (including phenoxy) is 2. The van der Waals surface area contributed by atoms with Gasteiger partial charge in [-0.3, -0.25) is 0 Å². The first-order valence-corrected chi connectivity index (χ1v) is 13.5. The number of sulfone groups is 1. The lowest BCUT2D eigenvalue weighted by atomic mass is 9.82. The molecule has 1 spiro atoms. The summed E-state index contributed by atoms with van der Waals surface area (Å²) in [5.41, 5.74) is 3.42. The summed E-state index contributed by atoms with van der Waals surface area (Å²) in [5, 5.41) is 0. The highest BCUT2D eigenvalue weighted by Crippen LogP contribution is 2.41. The largest absolute Gasteiger partial charge is 0.487 e. The molecule has 4 rings (SSSR count). The van der Waals surface area contributed by atoms with Crippen molar-refractivity contribution >= 4 is 15.9 Å². The number of hydrogen-bond acceptors (Lipinski definition) is 5. The first-order valence-electron chi connectivity index (χ1n) is 11.5. The Labute approximate surface area is 196 Å². The first-order chi connectivity index (χ1) is 15.4. The van der Waals surface area contributed by atoms with Gasteiger partial charge in [-0.2, -0.15) is 0 Å². The summed E-state index contributed by atoms with van der Waals surface area (Å²) >= 11 is 0. The van der Waals surface area contributed by atoms with E-state index in [9.17, 15) is 13.2 Å². The Hall–Kier alpha value is -2.54. The molecule has 0 unspecified atom stereocenters. The maximum absolute atomic E-state index is 12.4. The summed E-state index contributed by atoms with van der Waals surface area (Å²) < 4.78 is 35.0. The minimum Gasteiger partial charge on any atom is -0.487 e. The molecule has 0 aliphatic carbocycles. The zero-order chi connectivity index (χ0) is 23.9. The number of rotatable bonds is 3. The molecule has 178 valence electrons. The number of hydrogen-bond donors (Lipinski definition) is 0. The maximum atomic E-state index is 12.4. The van der Waals surface area contributed by atoms with E-state index in [2.05, 4.69) is 12.1 Å². The fraction of sp³-hybridized carbons (Fsp3) is 0.500. The van der Waals surface area contributed by atoms with Gasteiger partial charge in [0.05, 0.1) is 5.75 Å². The normalized spacial score (nSPS) is 17.9. The van der Waals surface area contributed by atoms with Crippen molar-refractivity contribution in [1.82, 2.24) is 4.90 Å². The molecular formula is C26H33NO5S. The van der Waals surface area contributed by atoms with E-state index >= 15 is 0 Å². The van der Waals surface area contributed by atoms with Crippen LogP contribution in [0.15, 0.2) is 42.5 Å². The molecule has 33 heavy (non-hydrogen) atoms. The molecule has 0 atom stereocenters. The van der Waals surface area contributed by atoms with Gasteiger partial charge in [0.25, 0.3) is 0 Å². The van der Waals surface area contributed by atoms with Crippen molar-refractivity contribution in [3.63, 3.8) is 0 Å². The molecule has 2 aromatic carbocycles. The van der Waals surface area contributed by atoms with Crippen molar-refractivity contribution in [2.75, 3.05) is 19.3 Å². The van der Waals surface area contributed by atoms with Crippen LogP contribution in [0.25, 0.3) is 11.1 Å². The van der Waals surface area contributed by atoms with Crippen molar-refractivity contribution < 1.29 is 22.7 Å². The molecule has 2 aliphatic heterocycles. The molecule has 1 saturated heterocycles. The van der Waals surface area contributed by atoms with Crippen molar-refractivity contribution in [2.24, 2.45) is 0 Å². The second-order valence-corrected chi connectivity index (χ2v) is 12.5. The number of amides is 1. The topological polar surface area (TPSA) is 72.9 Å². The van der Waals surface area contributed by atoms with Gasteiger partial charge in [-0.25, -0.2) is 13.2 Å². The second kappa shape index (κ2) is 8.67. The van der Waals surface area contributed by atoms with Gasteiger partial charge in [0, 0.05) is 32.2 Å². The van der Waals surface area contributed by atoms with Crippen molar-refractivity contribution in [3.8, 4) is 16.9 Å². The SMILES string of the molecule is CC(C)(C)OC(=O)N1CCC2(CCc3cc(-c4ccc(CS(C)(=O)=O)cc4)ccc3O2)CC1. The van der Waals surface area contributed by atoms with Crippen LogP contribution in [-0.4, -0.2) is 50.0 Å². The Balaban J connectivity index is 1.41. The van der Waals surface area contributed by atoms with Crippen LogP contribution in [-0.2, 0) is 26.7 Å². The molecule has 0 saturated carbocycles. The molecule has 6 nitrogen and oxygen atoms in total. The van der Waals surface area contributed by atoms with E-state index in [4.69, 9.17) is 9.47 Å². The van der Waals surface area contributed by atoms with Gasteiger partial charge in [0.2, 0.25) is 0 Å². The van der Waals surface area contributed by atoms with Gasteiger partial charge in [-0.15, -0.1) is 0 Å². The van der Waals surface area contributed by atoms with Crippen LogP contribution in [0.3, 0.4) is 0 Å². The molecule has 2 aliphatic rings. The summed E-state index contributed by atoms with van der Waals surface area (Å²) in [4.78, 5) is 14.2. The highest BCUT2D eigenvalue weighted by molar-refractivity contribution is 7.89. The van der Waals surface area contributed by atoms with E-state index in [1.807, 2.05) is 51.1 Å². The quantitative estimate of drug-likeness (QED) is 0.630. The Morgan fingerprint density at radius 1 is 1.03 bits per heavy atom. The third-order valence-electron chi connectivity index (χ3n) is 6.28. The molecule has 7 heteroatoms. The number of fused-ring (bicyclic) bond motifs is 1. The summed E-state index contributed by atoms with van der Waals surface area (Å²) in [6.07, 6.45) is 4.46. The smallest absolute Gasteiger partial charge is 0.410 e. The molecule has 0 radical (unpaired) electrons. The zero-order valence-corrected chi connectivity index (χ0v) is 20.7. The Kier molecular flexibility index (Phi) is 6.20. The van der Waals surface area contributed by atoms with E-state index < -0.39 is 15.4 Å². The van der Waals surface area contributed by atoms with Gasteiger partial charge in [-0.05, 0) is 68.0 Å². The van der Waals surface area contributed by atoms with Crippen LogP contribution < -0.4 is 4.74 Å². The average Bonchev–Trinajstić information content (AvgIpc) is 2.72. The van der Waals surface area contributed by atoms with Gasteiger partial charge in [0.1, 0.15) is 17.0 Å². The number of carbonyl (C=O) groups is 1. The predicted molar refractivity (Wildman–Crippen MR) is 129 cm³/mol. The molecule has 0 N–H and O–H groups in total. The van der Waals surface area contributed by atoms with E-state index in [1.165, 1.54) is 11.8 Å². The van der Waals surface area contributed by atoms with Gasteiger partial charge in [0.15, 0.2) is 9.84 Å². The maximum Gasteiger partial charge on any atom is 0.410 e. The standard InChI is InChI=1S/C26H33NO5S/c1-25(2,3)32-24(28)27-15-13-26(14-16-27)12-11-22-17-21(9-10-23(22)31-26)20-7-5-19(6-8-20)18-33(4,29)30/h5-10,17H,11-16,18H2,1-4H3. The third-order valence-corrected chi connectivity index (χ3v) is 7.14. The fourth-order valence-electron chi connectivity index (χ4n) is 4.57. The number of piperidine rings is 1. The lowest BCUT2D eigenvalue weighted by Gasteiger charge is -2.44. The van der Waals surface area contributed by atoms with E-state index in [-0.39, 0.29) is 17.4 Å². The first kappa shape index (κ1) is 23.6. The van der Waals surface area contributed by atoms with Crippen LogP contribution in [0.5, 0.6) is 5.75 Å². The van der Waals surface area contributed by atoms with Crippen molar-refractivity contribution in [2.45, 2.75) is 63.4 Å². The fourth-order valence-corrected chi connectivity index (χ4v) is 5.37. The number of likely N-dealkylation sites (tertiary alicyclic amines) is 1. The van der Waals surface area contributed by atoms with Crippen molar-refractivity contribution in [3.05, 3.63) is 53.6 Å². The van der Waals surface area contributed by atoms with Gasteiger partial charge in [-0.1, -0.05) is 30.3 Å². The third kappa shape index (κ3) is 5.88. The molecule has 0 aromatic heterocycles. The van der Waals surface area contributed by atoms with Crippen LogP contribution >= 0.6 is 0 Å². The van der Waals surface area contributed by atoms with Crippen LogP contribution in [0.4, 0.5) is 4.79 Å². The number of carbonyl (C=O) groups excluding carboxylic acids is 1. The minimum absolute atomic E-state index is 0.0543. The Morgan fingerprint density at radius 3 is 2.27 bits per heavy atom. The van der Waals surface area contributed by atoms with Crippen LogP contribution in [0.2, 0.25) is 0 Å². The van der Waals surface area contributed by atoms with Crippen molar-refractivity contribution in [1.29, 1.82) is 0 Å². The van der Waals surface area contributed by atoms with E-state index in [0.717, 1.165) is 48.1 Å². The second-order valence-electron chi connectivity index (χ2n) is 10.3. The lowest BCUT2D eigenvalue weighted by molar-refractivity contribution is -0.0272. The molecule has 2 heterocycles. The highest BCUT2D eigenvalue weighted by Gasteiger charge is 2.41. The predicted octanol–water partition coefficient (Wildman–Crippen LogP) is 4.99. The van der Waals surface area contributed by atoms with Crippen LogP contribution in [0.1, 0.15) is 51.2 Å². The minimum atomic E-state index is -3.04. The lowest BCUT2D eigenvalue weighted by Crippen LogP contribution is -2.52. The Morgan fingerprint density at radius 2 is 1.67 bits per heavy atom. The molecule has 0 bridgehead atoms. The zero-order valence-electron chi connectivity index (χ0n) is 19.9. The van der Waals surface area contributed by atoms with Gasteiger partial charge < -0.3 is 14.4 Å². The molecular weight excluding hydrogens is 438 g/mol. The molecule has 1 amide bonds. The molecule has 2 aromatic rings. The van der Waals surface area contributed by atoms with E-state index in [0.29, 0.717) is 13.1 Å². The number of benzene rings is 2. The summed E-state index contributed by atoms with van der Waals surface area (Å²) in [6, 6.07) is 14.0. The molecule has 1 fully saturated rings. The number of nitrogens with zero attached hydrogens (tertiary/aromatic N) is 1. The summed E-state index contributed by atoms with van der Waals surface area (Å²) in [6.45, 7) is 6.94. The number of aryl methyl sites for hydroxylation is 1. The average molecular weight is 472 g/mol. The Bertz CT molecular complexity index is 1120.